The molecule has 2 nitrogen and oxygen atoms in total. The van der Waals surface area contributed by atoms with Crippen LogP contribution >= 0.6 is 0 Å². The average Bonchev–Trinajstić information content (AvgIpc) is 2.32. The molecule has 0 radical (unpaired) electrons. The second-order valence-electron chi connectivity index (χ2n) is 5.39. The molecule has 0 aliphatic carbocycles. The van der Waals surface area contributed by atoms with Crippen LogP contribution in [0.2, 0.25) is 0 Å². The van der Waals surface area contributed by atoms with Crippen molar-refractivity contribution in [2.45, 2.75) is 39.3 Å². The van der Waals surface area contributed by atoms with Crippen LogP contribution in [0.3, 0.4) is 0 Å². The summed E-state index contributed by atoms with van der Waals surface area (Å²) in [6, 6.07) is 7.42. The first-order valence-electron chi connectivity index (χ1n) is 6.63. The number of hydrogen-bond donors (Lipinski definition) is 1. The van der Waals surface area contributed by atoms with Crippen LogP contribution in [0.1, 0.15) is 29.5 Å². The number of rotatable bonds is 3. The Labute approximate surface area is 105 Å². The third kappa shape index (κ3) is 3.55. The van der Waals surface area contributed by atoms with Gasteiger partial charge in [0.1, 0.15) is 0 Å². The van der Waals surface area contributed by atoms with Gasteiger partial charge in [0.05, 0.1) is 0 Å². The lowest BCUT2D eigenvalue weighted by Gasteiger charge is -2.29. The maximum absolute atomic E-state index is 3.70. The minimum absolute atomic E-state index is 0.700. The number of aryl methyl sites for hydroxylation is 2. The minimum Gasteiger partial charge on any atom is -0.310 e. The van der Waals surface area contributed by atoms with E-state index >= 15 is 0 Å². The topological polar surface area (TPSA) is 15.3 Å². The molecule has 0 aromatic heterocycles. The number of benzene rings is 1. The number of hydrogen-bond acceptors (Lipinski definition) is 2. The molecule has 2 rings (SSSR count). The van der Waals surface area contributed by atoms with Crippen LogP contribution in [0.15, 0.2) is 18.2 Å². The quantitative estimate of drug-likeness (QED) is 0.861. The van der Waals surface area contributed by atoms with Gasteiger partial charge in [0.15, 0.2) is 0 Å². The highest BCUT2D eigenvalue weighted by Gasteiger charge is 2.15. The maximum atomic E-state index is 3.70. The fraction of sp³-hybridized carbons (Fsp3) is 0.600. The first-order valence-corrected chi connectivity index (χ1v) is 6.63. The first-order chi connectivity index (χ1) is 8.15. The monoisotopic (exact) mass is 232 g/mol. The average molecular weight is 232 g/mol. The van der Waals surface area contributed by atoms with E-state index in [1.54, 1.807) is 0 Å². The predicted octanol–water partition coefficient (Wildman–Crippen LogP) is 2.49. The van der Waals surface area contributed by atoms with Crippen molar-refractivity contribution in [3.8, 4) is 0 Å². The van der Waals surface area contributed by atoms with Gasteiger partial charge in [-0.1, -0.05) is 23.8 Å². The van der Waals surface area contributed by atoms with Gasteiger partial charge in [-0.25, -0.2) is 0 Å². The lowest BCUT2D eigenvalue weighted by atomic mass is 10.0. The van der Waals surface area contributed by atoms with Gasteiger partial charge in [-0.2, -0.15) is 0 Å². The van der Waals surface area contributed by atoms with Gasteiger partial charge in [0.25, 0.3) is 0 Å². The van der Waals surface area contributed by atoms with Crippen LogP contribution in [0.4, 0.5) is 0 Å². The molecule has 1 aromatic carbocycles. The number of likely N-dealkylation sites (tertiary alicyclic amines) is 1. The summed E-state index contributed by atoms with van der Waals surface area (Å²) in [6.45, 7) is 7.83. The lowest BCUT2D eigenvalue weighted by molar-refractivity contribution is 0.234. The van der Waals surface area contributed by atoms with E-state index in [9.17, 15) is 0 Å². The van der Waals surface area contributed by atoms with Crippen molar-refractivity contribution >= 4 is 0 Å². The van der Waals surface area contributed by atoms with Gasteiger partial charge in [-0.15, -0.1) is 0 Å². The fourth-order valence-corrected chi connectivity index (χ4v) is 2.46. The van der Waals surface area contributed by atoms with E-state index in [2.05, 4.69) is 49.3 Å². The first kappa shape index (κ1) is 12.6. The largest absolute Gasteiger partial charge is 0.310 e. The van der Waals surface area contributed by atoms with Crippen LogP contribution < -0.4 is 5.32 Å². The highest BCUT2D eigenvalue weighted by molar-refractivity contribution is 5.30. The Morgan fingerprint density at radius 1 is 1.24 bits per heavy atom. The molecule has 17 heavy (non-hydrogen) atoms. The van der Waals surface area contributed by atoms with Gasteiger partial charge in [0, 0.05) is 12.6 Å². The number of piperidine rings is 1. The second-order valence-corrected chi connectivity index (χ2v) is 5.39. The van der Waals surface area contributed by atoms with E-state index in [4.69, 9.17) is 0 Å². The highest BCUT2D eigenvalue weighted by atomic mass is 15.1. The van der Waals surface area contributed by atoms with Crippen LogP contribution in [0.25, 0.3) is 0 Å². The molecule has 1 N–H and O–H groups in total. The summed E-state index contributed by atoms with van der Waals surface area (Å²) in [5, 5.41) is 3.70. The van der Waals surface area contributed by atoms with E-state index < -0.39 is 0 Å². The molecule has 0 spiro atoms. The molecule has 1 aromatic rings. The van der Waals surface area contributed by atoms with E-state index in [1.807, 2.05) is 0 Å². The molecule has 0 unspecified atom stereocenters. The van der Waals surface area contributed by atoms with Gasteiger partial charge >= 0.3 is 0 Å². The normalized spacial score (nSPS) is 18.5. The van der Waals surface area contributed by atoms with E-state index in [0.717, 1.165) is 6.54 Å². The fourth-order valence-electron chi connectivity index (χ4n) is 2.46. The van der Waals surface area contributed by atoms with Gasteiger partial charge in [0.2, 0.25) is 0 Å². The zero-order valence-electron chi connectivity index (χ0n) is 11.3. The van der Waals surface area contributed by atoms with Crippen molar-refractivity contribution < 1.29 is 0 Å². The molecule has 1 aliphatic heterocycles. The molecule has 0 saturated carbocycles. The molecule has 2 heteroatoms. The molecule has 0 atom stereocenters. The van der Waals surface area contributed by atoms with Crippen molar-refractivity contribution in [2.75, 3.05) is 20.1 Å². The van der Waals surface area contributed by atoms with Crippen molar-refractivity contribution in [1.82, 2.24) is 10.2 Å². The smallest absolute Gasteiger partial charge is 0.0210 e. The molecular weight excluding hydrogens is 208 g/mol. The zero-order valence-corrected chi connectivity index (χ0v) is 11.3. The Morgan fingerprint density at radius 3 is 2.65 bits per heavy atom. The van der Waals surface area contributed by atoms with E-state index in [0.29, 0.717) is 6.04 Å². The Bertz CT molecular complexity index is 365. The summed E-state index contributed by atoms with van der Waals surface area (Å²) < 4.78 is 0. The Hall–Kier alpha value is -0.860. The second kappa shape index (κ2) is 5.65. The Morgan fingerprint density at radius 2 is 1.94 bits per heavy atom. The zero-order chi connectivity index (χ0) is 12.3. The summed E-state index contributed by atoms with van der Waals surface area (Å²) in [5.74, 6) is 0. The molecule has 1 fully saturated rings. The molecule has 1 heterocycles. The standard InChI is InChI=1S/C15H24N2/c1-12-4-5-13(2)14(10-12)11-16-15-6-8-17(3)9-7-15/h4-5,10,15-16H,6-9,11H2,1-3H3. The highest BCUT2D eigenvalue weighted by Crippen LogP contribution is 2.13. The van der Waals surface area contributed by atoms with Crippen LogP contribution in [0, 0.1) is 13.8 Å². The van der Waals surface area contributed by atoms with Gasteiger partial charge < -0.3 is 10.2 Å². The molecule has 0 bridgehead atoms. The summed E-state index contributed by atoms with van der Waals surface area (Å²) in [5.41, 5.74) is 4.20. The Balaban J connectivity index is 1.87. The van der Waals surface area contributed by atoms with Crippen molar-refractivity contribution in [2.24, 2.45) is 0 Å². The van der Waals surface area contributed by atoms with Crippen molar-refractivity contribution in [3.05, 3.63) is 34.9 Å². The molecule has 1 saturated heterocycles. The van der Waals surface area contributed by atoms with Crippen LogP contribution in [-0.2, 0) is 6.54 Å². The summed E-state index contributed by atoms with van der Waals surface area (Å²) >= 11 is 0. The molecule has 0 amide bonds. The van der Waals surface area contributed by atoms with Gasteiger partial charge in [-0.3, -0.25) is 0 Å². The predicted molar refractivity (Wildman–Crippen MR) is 73.3 cm³/mol. The van der Waals surface area contributed by atoms with Crippen LogP contribution in [-0.4, -0.2) is 31.1 Å². The number of nitrogens with zero attached hydrogens (tertiary/aromatic N) is 1. The SMILES string of the molecule is Cc1ccc(C)c(CNC2CCN(C)CC2)c1. The summed E-state index contributed by atoms with van der Waals surface area (Å²) in [6.07, 6.45) is 2.56. The maximum Gasteiger partial charge on any atom is 0.0210 e. The van der Waals surface area contributed by atoms with Crippen molar-refractivity contribution in [1.29, 1.82) is 0 Å². The van der Waals surface area contributed by atoms with Gasteiger partial charge in [-0.05, 0) is 58.0 Å². The lowest BCUT2D eigenvalue weighted by Crippen LogP contribution is -2.40. The summed E-state index contributed by atoms with van der Waals surface area (Å²) in [7, 11) is 2.21. The third-order valence-corrected chi connectivity index (χ3v) is 3.80. The third-order valence-electron chi connectivity index (χ3n) is 3.80. The van der Waals surface area contributed by atoms with Crippen molar-refractivity contribution in [3.63, 3.8) is 0 Å². The summed E-state index contributed by atoms with van der Waals surface area (Å²) in [4.78, 5) is 2.41. The molecule has 1 aliphatic rings. The van der Waals surface area contributed by atoms with E-state index in [-0.39, 0.29) is 0 Å². The minimum atomic E-state index is 0.700. The Kier molecular flexibility index (Phi) is 4.19. The molecular formula is C15H24N2. The van der Waals surface area contributed by atoms with Crippen LogP contribution in [0.5, 0.6) is 0 Å². The number of nitrogens with one attached hydrogen (secondary N) is 1. The molecule has 94 valence electrons. The van der Waals surface area contributed by atoms with E-state index in [1.165, 1.54) is 42.6 Å².